The number of rotatable bonds is 6. The molecule has 4 rings (SSSR count). The zero-order valence-electron chi connectivity index (χ0n) is 25.7. The summed E-state index contributed by atoms with van der Waals surface area (Å²) in [6.07, 6.45) is -10.2. The summed E-state index contributed by atoms with van der Waals surface area (Å²) in [4.78, 5) is 28.2. The van der Waals surface area contributed by atoms with Gasteiger partial charge in [-0.05, 0) is 91.1 Å². The van der Waals surface area contributed by atoms with Crippen molar-refractivity contribution in [3.8, 4) is 5.75 Å². The van der Waals surface area contributed by atoms with Crippen LogP contribution in [-0.4, -0.2) is 43.6 Å². The van der Waals surface area contributed by atoms with Crippen molar-refractivity contribution in [3.63, 3.8) is 0 Å². The van der Waals surface area contributed by atoms with Gasteiger partial charge in [-0.2, -0.15) is 26.3 Å². The van der Waals surface area contributed by atoms with Gasteiger partial charge in [0, 0.05) is 31.8 Å². The summed E-state index contributed by atoms with van der Waals surface area (Å²) in [6.45, 7) is 9.08. The monoisotopic (exact) mass is 626 g/mol. The van der Waals surface area contributed by atoms with Gasteiger partial charge in [0.1, 0.15) is 11.9 Å². The van der Waals surface area contributed by atoms with Gasteiger partial charge in [0.2, 0.25) is 5.91 Å². The van der Waals surface area contributed by atoms with E-state index in [0.29, 0.717) is 36.4 Å². The molecule has 1 heterocycles. The highest BCUT2D eigenvalue weighted by molar-refractivity contribution is 5.93. The molecule has 44 heavy (non-hydrogen) atoms. The van der Waals surface area contributed by atoms with E-state index in [4.69, 9.17) is 9.47 Å². The normalized spacial score (nSPS) is 20.6. The maximum absolute atomic E-state index is 13.5. The second-order valence-corrected chi connectivity index (χ2v) is 12.4. The molecule has 2 aliphatic rings. The van der Waals surface area contributed by atoms with Crippen molar-refractivity contribution in [2.45, 2.75) is 78.4 Å². The van der Waals surface area contributed by atoms with Crippen molar-refractivity contribution in [3.05, 3.63) is 63.7 Å². The van der Waals surface area contributed by atoms with Crippen LogP contribution in [0.2, 0.25) is 0 Å². The van der Waals surface area contributed by atoms with Crippen molar-refractivity contribution in [1.82, 2.24) is 4.90 Å². The number of methoxy groups -OCH3 is 1. The molecule has 1 aliphatic carbocycles. The minimum atomic E-state index is -5.03. The summed E-state index contributed by atoms with van der Waals surface area (Å²) in [5.41, 5.74) is 0.545. The predicted octanol–water partition coefficient (Wildman–Crippen LogP) is 8.57. The largest absolute Gasteiger partial charge is 0.496 e. The van der Waals surface area contributed by atoms with Gasteiger partial charge in [-0.3, -0.25) is 9.69 Å². The Labute approximate surface area is 252 Å². The lowest BCUT2D eigenvalue weighted by Crippen LogP contribution is -2.35. The highest BCUT2D eigenvalue weighted by atomic mass is 19.4. The Kier molecular flexibility index (Phi) is 8.80. The summed E-state index contributed by atoms with van der Waals surface area (Å²) in [6, 6.07) is 4.10. The van der Waals surface area contributed by atoms with Crippen LogP contribution in [0.15, 0.2) is 35.9 Å². The van der Waals surface area contributed by atoms with Crippen molar-refractivity contribution in [2.75, 3.05) is 25.6 Å². The number of allylic oxidation sites excluding steroid dienone is 1. The molecule has 0 spiro atoms. The Morgan fingerprint density at radius 2 is 1.66 bits per heavy atom. The summed E-state index contributed by atoms with van der Waals surface area (Å²) in [5, 5.41) is 0. The van der Waals surface area contributed by atoms with Gasteiger partial charge in [0.05, 0.1) is 24.3 Å². The number of benzene rings is 2. The third-order valence-electron chi connectivity index (χ3n) is 8.54. The second kappa shape index (κ2) is 11.7. The average Bonchev–Trinajstić information content (AvgIpc) is 3.19. The lowest BCUT2D eigenvalue weighted by molar-refractivity contribution is -0.143. The molecule has 1 fully saturated rings. The third-order valence-corrected chi connectivity index (χ3v) is 8.54. The molecular weight excluding hydrogens is 590 g/mol. The molecule has 6 nitrogen and oxygen atoms in total. The second-order valence-electron chi connectivity index (χ2n) is 12.4. The number of carbonyl (C=O) groups excluding carboxylic acids is 2. The predicted molar refractivity (Wildman–Crippen MR) is 153 cm³/mol. The van der Waals surface area contributed by atoms with Crippen LogP contribution in [0.1, 0.15) is 80.9 Å². The molecule has 0 N–H and O–H groups in total. The number of nitrogens with zero attached hydrogens (tertiary/aromatic N) is 2. The Morgan fingerprint density at radius 3 is 2.18 bits per heavy atom. The number of ether oxygens (including phenoxy) is 2. The molecule has 0 unspecified atom stereocenters. The minimum Gasteiger partial charge on any atom is -0.496 e. The first-order chi connectivity index (χ1) is 20.2. The number of alkyl halides is 6. The van der Waals surface area contributed by atoms with Gasteiger partial charge >= 0.3 is 18.4 Å². The van der Waals surface area contributed by atoms with Gasteiger partial charge in [0.25, 0.3) is 0 Å². The highest BCUT2D eigenvalue weighted by Crippen LogP contribution is 2.47. The van der Waals surface area contributed by atoms with Crippen LogP contribution in [0.3, 0.4) is 0 Å². The standard InChI is InChI=1S/C32H36F6N2O4/c1-17-10-27(43-7)25(14-26(17)39(6)19(3)41)24-8-9-30(4,5)15-21(24)16-40-18(2)28(44-29(40)42)20-11-22(31(33,34)35)13-23(12-20)32(36,37)38/h10-14,18,28H,8-9,15-16H2,1-7H3/t18-,28-/m0/s1. The Hall–Kier alpha value is -3.70. The van der Waals surface area contributed by atoms with Gasteiger partial charge in [-0.1, -0.05) is 13.8 Å². The number of anilines is 1. The highest BCUT2D eigenvalue weighted by Gasteiger charge is 2.44. The van der Waals surface area contributed by atoms with E-state index in [1.165, 1.54) is 23.8 Å². The van der Waals surface area contributed by atoms with Crippen LogP contribution in [0, 0.1) is 12.3 Å². The number of carbonyl (C=O) groups is 2. The van der Waals surface area contributed by atoms with E-state index in [1.807, 2.05) is 19.1 Å². The summed E-state index contributed by atoms with van der Waals surface area (Å²) >= 11 is 0. The first-order valence-electron chi connectivity index (χ1n) is 14.1. The van der Waals surface area contributed by atoms with E-state index >= 15 is 0 Å². The van der Waals surface area contributed by atoms with Crippen molar-refractivity contribution >= 4 is 23.3 Å². The molecule has 0 aromatic heterocycles. The van der Waals surface area contributed by atoms with Gasteiger partial charge in [-0.15, -0.1) is 0 Å². The van der Waals surface area contributed by atoms with E-state index in [9.17, 15) is 35.9 Å². The van der Waals surface area contributed by atoms with Crippen LogP contribution in [0.5, 0.6) is 5.75 Å². The van der Waals surface area contributed by atoms with Gasteiger partial charge < -0.3 is 14.4 Å². The van der Waals surface area contributed by atoms with E-state index in [2.05, 4.69) is 13.8 Å². The van der Waals surface area contributed by atoms with Crippen LogP contribution >= 0.6 is 0 Å². The summed E-state index contributed by atoms with van der Waals surface area (Å²) in [7, 11) is 3.20. The van der Waals surface area contributed by atoms with E-state index in [0.717, 1.165) is 28.7 Å². The fraction of sp³-hybridized carbons (Fsp3) is 0.500. The Bertz CT molecular complexity index is 1460. The fourth-order valence-corrected chi connectivity index (χ4v) is 6.00. The fourth-order valence-electron chi connectivity index (χ4n) is 6.00. The van der Waals surface area contributed by atoms with Crippen LogP contribution in [0.25, 0.3) is 5.57 Å². The van der Waals surface area contributed by atoms with Crippen molar-refractivity contribution in [2.24, 2.45) is 5.41 Å². The Balaban J connectivity index is 1.78. The first kappa shape index (κ1) is 33.2. The number of halogens is 6. The number of amides is 2. The topological polar surface area (TPSA) is 59.1 Å². The maximum Gasteiger partial charge on any atom is 0.416 e. The maximum atomic E-state index is 13.5. The molecule has 2 amide bonds. The van der Waals surface area contributed by atoms with E-state index < -0.39 is 41.7 Å². The molecule has 0 radical (unpaired) electrons. The van der Waals surface area contributed by atoms with Gasteiger partial charge in [-0.25, -0.2) is 4.79 Å². The number of hydrogen-bond acceptors (Lipinski definition) is 4. The summed E-state index contributed by atoms with van der Waals surface area (Å²) < 4.78 is 92.4. The SMILES string of the molecule is COc1cc(C)c(N(C)C(C)=O)cc1C1=C(CN2C(=O)O[C@H](c3cc(C(F)(F)F)cc(C(F)(F)F)c3)[C@@H]2C)CC(C)(C)CC1. The molecule has 1 saturated heterocycles. The molecule has 1 aliphatic heterocycles. The molecule has 0 saturated carbocycles. The average molecular weight is 627 g/mol. The molecule has 2 aromatic carbocycles. The molecule has 2 atom stereocenters. The quantitative estimate of drug-likeness (QED) is 0.302. The van der Waals surface area contributed by atoms with E-state index in [-0.39, 0.29) is 29.5 Å². The van der Waals surface area contributed by atoms with Crippen LogP contribution < -0.4 is 9.64 Å². The van der Waals surface area contributed by atoms with Crippen molar-refractivity contribution < 1.29 is 45.4 Å². The first-order valence-corrected chi connectivity index (χ1v) is 14.1. The third kappa shape index (κ3) is 6.68. The number of aryl methyl sites for hydroxylation is 1. The summed E-state index contributed by atoms with van der Waals surface area (Å²) in [5.74, 6) is 0.417. The smallest absolute Gasteiger partial charge is 0.416 e. The zero-order valence-corrected chi connectivity index (χ0v) is 25.7. The number of hydrogen-bond donors (Lipinski definition) is 0. The lowest BCUT2D eigenvalue weighted by atomic mass is 9.72. The van der Waals surface area contributed by atoms with E-state index in [1.54, 1.807) is 14.0 Å². The van der Waals surface area contributed by atoms with Crippen LogP contribution in [0.4, 0.5) is 36.8 Å². The molecule has 0 bridgehead atoms. The van der Waals surface area contributed by atoms with Crippen molar-refractivity contribution in [1.29, 1.82) is 0 Å². The Morgan fingerprint density at radius 1 is 1.07 bits per heavy atom. The van der Waals surface area contributed by atoms with Crippen LogP contribution in [-0.2, 0) is 21.9 Å². The lowest BCUT2D eigenvalue weighted by Gasteiger charge is -2.36. The molecule has 12 heteroatoms. The molecule has 240 valence electrons. The zero-order chi connectivity index (χ0) is 32.9. The minimum absolute atomic E-state index is 0.0509. The molecule has 2 aromatic rings. The molecular formula is C32H36F6N2O4. The number of cyclic esters (lactones) is 1. The van der Waals surface area contributed by atoms with Gasteiger partial charge in [0.15, 0.2) is 0 Å².